The van der Waals surface area contributed by atoms with E-state index in [9.17, 15) is 14.4 Å². The fraction of sp³-hybridized carbons (Fsp3) is 0.357. The van der Waals surface area contributed by atoms with E-state index in [0.29, 0.717) is 5.75 Å². The zero-order valence-corrected chi connectivity index (χ0v) is 11.7. The Balaban J connectivity index is 2.49. The van der Waals surface area contributed by atoms with Crippen LogP contribution in [0, 0.1) is 6.92 Å². The zero-order valence-electron chi connectivity index (χ0n) is 11.7. The summed E-state index contributed by atoms with van der Waals surface area (Å²) in [7, 11) is 0. The van der Waals surface area contributed by atoms with E-state index in [1.165, 1.54) is 0 Å². The molecule has 114 valence electrons. The van der Waals surface area contributed by atoms with Crippen LogP contribution in [0.25, 0.3) is 0 Å². The van der Waals surface area contributed by atoms with E-state index in [4.69, 9.17) is 15.6 Å². The molecule has 0 aliphatic carbocycles. The number of amides is 2. The third kappa shape index (κ3) is 6.42. The Morgan fingerprint density at radius 1 is 1.29 bits per heavy atom. The molecule has 1 rings (SSSR count). The molecule has 0 aliphatic rings. The van der Waals surface area contributed by atoms with Crippen molar-refractivity contribution in [2.24, 2.45) is 5.73 Å². The highest BCUT2D eigenvalue weighted by Crippen LogP contribution is 2.12. The minimum absolute atomic E-state index is 0.0332. The van der Waals surface area contributed by atoms with Gasteiger partial charge < -0.3 is 20.5 Å². The minimum Gasteiger partial charge on any atom is -0.493 e. The van der Waals surface area contributed by atoms with E-state index in [1.807, 2.05) is 25.1 Å². The Morgan fingerprint density at radius 3 is 2.57 bits per heavy atom. The first-order chi connectivity index (χ1) is 9.88. The molecular formula is C14H18N2O5. The third-order valence-electron chi connectivity index (χ3n) is 2.60. The second-order valence-corrected chi connectivity index (χ2v) is 4.52. The predicted octanol–water partition coefficient (Wildman–Crippen LogP) is 0.162. The van der Waals surface area contributed by atoms with Crippen LogP contribution >= 0.6 is 0 Å². The molecule has 1 aromatic rings. The summed E-state index contributed by atoms with van der Waals surface area (Å²) < 4.78 is 5.41. The average Bonchev–Trinajstić information content (AvgIpc) is 2.36. The Labute approximate surface area is 122 Å². The lowest BCUT2D eigenvalue weighted by atomic mass is 10.2. The number of aryl methyl sites for hydroxylation is 1. The van der Waals surface area contributed by atoms with Gasteiger partial charge in [0.05, 0.1) is 19.6 Å². The molecule has 0 unspecified atom stereocenters. The van der Waals surface area contributed by atoms with E-state index in [1.54, 1.807) is 6.07 Å². The lowest BCUT2D eigenvalue weighted by Crippen LogP contribution is -2.41. The number of nitrogens with two attached hydrogens (primary N) is 1. The molecule has 0 heterocycles. The fourth-order valence-corrected chi connectivity index (χ4v) is 1.70. The molecule has 0 bridgehead atoms. The lowest BCUT2D eigenvalue weighted by Gasteiger charge is -2.19. The summed E-state index contributed by atoms with van der Waals surface area (Å²) in [5.41, 5.74) is 6.01. The van der Waals surface area contributed by atoms with Crippen molar-refractivity contribution in [3.05, 3.63) is 29.8 Å². The van der Waals surface area contributed by atoms with Crippen molar-refractivity contribution in [2.45, 2.75) is 13.3 Å². The van der Waals surface area contributed by atoms with Crippen LogP contribution in [0.1, 0.15) is 12.0 Å². The second-order valence-electron chi connectivity index (χ2n) is 4.52. The molecule has 0 saturated heterocycles. The van der Waals surface area contributed by atoms with Gasteiger partial charge in [0.2, 0.25) is 11.8 Å². The normalized spacial score (nSPS) is 9.95. The zero-order chi connectivity index (χ0) is 15.8. The number of carboxylic acids is 1. The van der Waals surface area contributed by atoms with Crippen molar-refractivity contribution < 1.29 is 24.2 Å². The highest BCUT2D eigenvalue weighted by Gasteiger charge is 2.18. The van der Waals surface area contributed by atoms with Gasteiger partial charge >= 0.3 is 5.97 Å². The summed E-state index contributed by atoms with van der Waals surface area (Å²) in [4.78, 5) is 34.2. The topological polar surface area (TPSA) is 110 Å². The Morgan fingerprint density at radius 2 is 2.00 bits per heavy atom. The summed E-state index contributed by atoms with van der Waals surface area (Å²) in [6.45, 7) is 1.03. The van der Waals surface area contributed by atoms with Gasteiger partial charge in [0, 0.05) is 0 Å². The fourth-order valence-electron chi connectivity index (χ4n) is 1.70. The molecule has 0 aliphatic heterocycles. The molecular weight excluding hydrogens is 276 g/mol. The highest BCUT2D eigenvalue weighted by atomic mass is 16.5. The number of hydrogen-bond acceptors (Lipinski definition) is 4. The van der Waals surface area contributed by atoms with Gasteiger partial charge in [-0.25, -0.2) is 0 Å². The third-order valence-corrected chi connectivity index (χ3v) is 2.60. The molecule has 1 aromatic carbocycles. The lowest BCUT2D eigenvalue weighted by molar-refractivity contribution is -0.145. The molecule has 0 aromatic heterocycles. The summed E-state index contributed by atoms with van der Waals surface area (Å²) in [5.74, 6) is -1.83. The van der Waals surface area contributed by atoms with Crippen LogP contribution in [0.15, 0.2) is 24.3 Å². The maximum Gasteiger partial charge on any atom is 0.323 e. The summed E-state index contributed by atoms with van der Waals surface area (Å²) in [6.07, 6.45) is -0.0332. The van der Waals surface area contributed by atoms with Gasteiger partial charge in [-0.05, 0) is 24.6 Å². The van der Waals surface area contributed by atoms with Crippen molar-refractivity contribution in [3.8, 4) is 5.75 Å². The molecule has 0 radical (unpaired) electrons. The van der Waals surface area contributed by atoms with Crippen LogP contribution in [0.3, 0.4) is 0 Å². The summed E-state index contributed by atoms with van der Waals surface area (Å²) in [6, 6.07) is 7.33. The monoisotopic (exact) mass is 294 g/mol. The van der Waals surface area contributed by atoms with Gasteiger partial charge in [0.15, 0.2) is 0 Å². The van der Waals surface area contributed by atoms with E-state index >= 15 is 0 Å². The van der Waals surface area contributed by atoms with Crippen LogP contribution < -0.4 is 10.5 Å². The maximum absolute atomic E-state index is 11.8. The smallest absolute Gasteiger partial charge is 0.323 e. The number of primary amides is 1. The van der Waals surface area contributed by atoms with Crippen LogP contribution in [0.5, 0.6) is 5.75 Å². The molecule has 3 N–H and O–H groups in total. The predicted molar refractivity (Wildman–Crippen MR) is 74.7 cm³/mol. The first-order valence-electron chi connectivity index (χ1n) is 6.36. The molecule has 0 fully saturated rings. The van der Waals surface area contributed by atoms with Crippen molar-refractivity contribution in [1.82, 2.24) is 4.90 Å². The number of aliphatic carboxylic acids is 1. The standard InChI is InChI=1S/C14H18N2O5/c1-10-3-2-4-11(7-10)21-6-5-13(18)16(8-12(15)17)9-14(19)20/h2-4,7H,5-6,8-9H2,1H3,(H2,15,17)(H,19,20). The van der Waals surface area contributed by atoms with Crippen molar-refractivity contribution in [2.75, 3.05) is 19.7 Å². The Kier molecular flexibility index (Phi) is 6.19. The number of benzene rings is 1. The first kappa shape index (κ1) is 16.5. The molecule has 0 spiro atoms. The van der Waals surface area contributed by atoms with Crippen LogP contribution in [0.4, 0.5) is 0 Å². The Hall–Kier alpha value is -2.57. The second kappa shape index (κ2) is 7.88. The van der Waals surface area contributed by atoms with Crippen LogP contribution in [-0.4, -0.2) is 47.5 Å². The number of carbonyl (C=O) groups is 3. The Bertz CT molecular complexity index is 514. The maximum atomic E-state index is 11.8. The van der Waals surface area contributed by atoms with Gasteiger partial charge in [-0.3, -0.25) is 14.4 Å². The van der Waals surface area contributed by atoms with Crippen molar-refractivity contribution >= 4 is 17.8 Å². The molecule has 0 atom stereocenters. The number of nitrogens with zero attached hydrogens (tertiary/aromatic N) is 1. The van der Waals surface area contributed by atoms with Gasteiger partial charge in [0.1, 0.15) is 12.3 Å². The molecule has 2 amide bonds. The summed E-state index contributed by atoms with van der Waals surface area (Å²) in [5, 5.41) is 8.70. The molecule has 7 heteroatoms. The number of carbonyl (C=O) groups excluding carboxylic acids is 2. The minimum atomic E-state index is -1.20. The highest BCUT2D eigenvalue weighted by molar-refractivity contribution is 5.86. The van der Waals surface area contributed by atoms with Gasteiger partial charge in [-0.15, -0.1) is 0 Å². The van der Waals surface area contributed by atoms with E-state index < -0.39 is 30.9 Å². The molecule has 0 saturated carbocycles. The van der Waals surface area contributed by atoms with Crippen molar-refractivity contribution in [3.63, 3.8) is 0 Å². The largest absolute Gasteiger partial charge is 0.493 e. The van der Waals surface area contributed by atoms with E-state index in [0.717, 1.165) is 10.5 Å². The first-order valence-corrected chi connectivity index (χ1v) is 6.36. The SMILES string of the molecule is Cc1cccc(OCCC(=O)N(CC(N)=O)CC(=O)O)c1. The summed E-state index contributed by atoms with van der Waals surface area (Å²) >= 11 is 0. The average molecular weight is 294 g/mol. The molecule has 7 nitrogen and oxygen atoms in total. The van der Waals surface area contributed by atoms with E-state index in [2.05, 4.69) is 0 Å². The van der Waals surface area contributed by atoms with Crippen LogP contribution in [0.2, 0.25) is 0 Å². The van der Waals surface area contributed by atoms with Gasteiger partial charge in [-0.1, -0.05) is 12.1 Å². The number of ether oxygens (including phenoxy) is 1. The number of hydrogen-bond donors (Lipinski definition) is 2. The molecule has 21 heavy (non-hydrogen) atoms. The van der Waals surface area contributed by atoms with Crippen molar-refractivity contribution in [1.29, 1.82) is 0 Å². The number of carboxylic acid groups (broad SMARTS) is 1. The quantitative estimate of drug-likeness (QED) is 0.709. The van der Waals surface area contributed by atoms with Gasteiger partial charge in [-0.2, -0.15) is 0 Å². The van der Waals surface area contributed by atoms with Crippen LogP contribution in [-0.2, 0) is 14.4 Å². The van der Waals surface area contributed by atoms with Gasteiger partial charge in [0.25, 0.3) is 0 Å². The van der Waals surface area contributed by atoms with E-state index in [-0.39, 0.29) is 13.0 Å². The number of rotatable bonds is 8.